The number of amides is 1. The van der Waals surface area contributed by atoms with Gasteiger partial charge in [0.05, 0.1) is 32.0 Å². The van der Waals surface area contributed by atoms with E-state index in [9.17, 15) is 18.0 Å². The van der Waals surface area contributed by atoms with Gasteiger partial charge in [0.1, 0.15) is 5.75 Å². The van der Waals surface area contributed by atoms with Crippen LogP contribution in [0.1, 0.15) is 78.2 Å². The Kier molecular flexibility index (Phi) is 11.2. The number of hydrogen-bond donors (Lipinski definition) is 1. The number of likely N-dealkylation sites (tertiary alicyclic amines) is 1. The summed E-state index contributed by atoms with van der Waals surface area (Å²) < 4.78 is 64.6. The van der Waals surface area contributed by atoms with Gasteiger partial charge in [0.25, 0.3) is 5.91 Å². The average molecular weight is 637 g/mol. The van der Waals surface area contributed by atoms with Gasteiger partial charge in [-0.25, -0.2) is 0 Å². The molecule has 1 amide bonds. The average Bonchev–Trinajstić information content (AvgIpc) is 3.04. The summed E-state index contributed by atoms with van der Waals surface area (Å²) in [6.07, 6.45) is 1.43. The fourth-order valence-corrected chi connectivity index (χ4v) is 6.58. The third-order valence-corrected chi connectivity index (χ3v) is 9.09. The van der Waals surface area contributed by atoms with Crippen LogP contribution in [0.25, 0.3) is 0 Å². The summed E-state index contributed by atoms with van der Waals surface area (Å²) in [6.45, 7) is 4.45. The first-order chi connectivity index (χ1) is 21.6. The molecule has 0 saturated carbocycles. The van der Waals surface area contributed by atoms with Crippen molar-refractivity contribution >= 4 is 5.91 Å². The maximum absolute atomic E-state index is 13.6. The number of ether oxygens (including phenoxy) is 5. The van der Waals surface area contributed by atoms with Crippen molar-refractivity contribution in [2.24, 2.45) is 0 Å². The SMILES string of the molecule is COc1nnc(C(=O)N2CCC(N[C@H]3CCOC[C@H]3OC)CC2)c(C)c1CC[C@H]1CCC[C@@H](c2ccc(OC(F)(F)F)cc2)O1. The predicted octanol–water partition coefficient (Wildman–Crippen LogP) is 4.93. The lowest BCUT2D eigenvalue weighted by Crippen LogP contribution is -2.54. The molecule has 1 aromatic heterocycles. The standard InChI is InChI=1S/C32H43F3N4O6/c1-20-25(12-11-23-5-4-6-27(44-23)21-7-9-24(10-8-21)45-32(33,34)35)30(42-3)38-37-29(20)31(40)39-16-13-22(14-17-39)36-26-15-18-43-19-28(26)41-2/h7-10,22-23,26-28,36H,4-6,11-19H2,1-3H3/t23-,26+,27+,28-/m1/s1. The molecular weight excluding hydrogens is 593 g/mol. The van der Waals surface area contributed by atoms with E-state index >= 15 is 0 Å². The highest BCUT2D eigenvalue weighted by Gasteiger charge is 2.33. The Labute approximate surface area is 261 Å². The number of benzene rings is 1. The molecule has 4 heterocycles. The summed E-state index contributed by atoms with van der Waals surface area (Å²) in [7, 11) is 3.25. The van der Waals surface area contributed by atoms with Crippen LogP contribution in [0.4, 0.5) is 13.2 Å². The number of carbonyl (C=O) groups excluding carboxylic acids is 1. The maximum atomic E-state index is 13.6. The number of methoxy groups -OCH3 is 2. The monoisotopic (exact) mass is 636 g/mol. The molecule has 1 N–H and O–H groups in total. The lowest BCUT2D eigenvalue weighted by atomic mass is 9.94. The van der Waals surface area contributed by atoms with Gasteiger partial charge >= 0.3 is 6.36 Å². The van der Waals surface area contributed by atoms with E-state index in [1.807, 2.05) is 11.8 Å². The van der Waals surface area contributed by atoms with Crippen LogP contribution in [0.3, 0.4) is 0 Å². The smallest absolute Gasteiger partial charge is 0.480 e. The predicted molar refractivity (Wildman–Crippen MR) is 158 cm³/mol. The molecule has 0 aliphatic carbocycles. The van der Waals surface area contributed by atoms with E-state index < -0.39 is 6.36 Å². The maximum Gasteiger partial charge on any atom is 0.573 e. The second-order valence-electron chi connectivity index (χ2n) is 12.0. The molecule has 3 aliphatic rings. The number of carbonyl (C=O) groups is 1. The molecule has 45 heavy (non-hydrogen) atoms. The first kappa shape index (κ1) is 33.4. The Morgan fingerprint density at radius 2 is 1.82 bits per heavy atom. The summed E-state index contributed by atoms with van der Waals surface area (Å²) in [6, 6.07) is 6.41. The molecule has 1 aromatic carbocycles. The van der Waals surface area contributed by atoms with Crippen molar-refractivity contribution in [3.8, 4) is 11.6 Å². The minimum Gasteiger partial charge on any atom is -0.480 e. The van der Waals surface area contributed by atoms with Gasteiger partial charge in [-0.3, -0.25) is 4.79 Å². The number of halogens is 3. The lowest BCUT2D eigenvalue weighted by Gasteiger charge is -2.38. The fraction of sp³-hybridized carbons (Fsp3) is 0.656. The first-order valence-electron chi connectivity index (χ1n) is 15.7. The minimum atomic E-state index is -4.73. The molecule has 3 saturated heterocycles. The molecular formula is C32H43F3N4O6. The van der Waals surface area contributed by atoms with Crippen molar-refractivity contribution in [1.82, 2.24) is 20.4 Å². The van der Waals surface area contributed by atoms with Crippen LogP contribution in [0.15, 0.2) is 24.3 Å². The molecule has 248 valence electrons. The summed E-state index contributed by atoms with van der Waals surface area (Å²) >= 11 is 0. The molecule has 5 rings (SSSR count). The number of piperidine rings is 1. The zero-order valence-corrected chi connectivity index (χ0v) is 26.1. The van der Waals surface area contributed by atoms with Crippen LogP contribution >= 0.6 is 0 Å². The topological polar surface area (TPSA) is 104 Å². The molecule has 0 spiro atoms. The Morgan fingerprint density at radius 3 is 2.51 bits per heavy atom. The molecule has 0 unspecified atom stereocenters. The normalized spacial score (nSPS) is 24.8. The van der Waals surface area contributed by atoms with Crippen molar-refractivity contribution < 1.29 is 41.7 Å². The number of aromatic nitrogens is 2. The van der Waals surface area contributed by atoms with Crippen LogP contribution in [-0.2, 0) is 20.6 Å². The van der Waals surface area contributed by atoms with E-state index in [1.165, 1.54) is 19.2 Å². The molecule has 13 heteroatoms. The highest BCUT2D eigenvalue weighted by atomic mass is 19.4. The Balaban J connectivity index is 1.17. The molecule has 2 aromatic rings. The summed E-state index contributed by atoms with van der Waals surface area (Å²) in [4.78, 5) is 15.5. The van der Waals surface area contributed by atoms with Crippen LogP contribution in [-0.4, -0.2) is 92.2 Å². The zero-order valence-electron chi connectivity index (χ0n) is 26.1. The number of nitrogens with zero attached hydrogens (tertiary/aromatic N) is 3. The van der Waals surface area contributed by atoms with E-state index in [2.05, 4.69) is 20.3 Å². The van der Waals surface area contributed by atoms with E-state index in [1.54, 1.807) is 19.2 Å². The zero-order chi connectivity index (χ0) is 32.0. The number of hydrogen-bond acceptors (Lipinski definition) is 9. The van der Waals surface area contributed by atoms with Gasteiger partial charge < -0.3 is 33.9 Å². The van der Waals surface area contributed by atoms with Gasteiger partial charge in [-0.15, -0.1) is 23.4 Å². The summed E-state index contributed by atoms with van der Waals surface area (Å²) in [5, 5.41) is 12.2. The third kappa shape index (κ3) is 8.63. The Morgan fingerprint density at radius 1 is 1.07 bits per heavy atom. The van der Waals surface area contributed by atoms with Crippen LogP contribution in [0.2, 0.25) is 0 Å². The molecule has 0 radical (unpaired) electrons. The van der Waals surface area contributed by atoms with Crippen molar-refractivity contribution in [2.75, 3.05) is 40.5 Å². The van der Waals surface area contributed by atoms with Gasteiger partial charge in [-0.1, -0.05) is 12.1 Å². The Bertz CT molecular complexity index is 1270. The van der Waals surface area contributed by atoms with Crippen LogP contribution < -0.4 is 14.8 Å². The fourth-order valence-electron chi connectivity index (χ4n) is 6.58. The molecule has 3 aliphatic heterocycles. The van der Waals surface area contributed by atoms with Crippen molar-refractivity contribution in [1.29, 1.82) is 0 Å². The highest BCUT2D eigenvalue weighted by molar-refractivity contribution is 5.94. The highest BCUT2D eigenvalue weighted by Crippen LogP contribution is 2.35. The molecule has 10 nitrogen and oxygen atoms in total. The third-order valence-electron chi connectivity index (χ3n) is 9.09. The van der Waals surface area contributed by atoms with Crippen molar-refractivity contribution in [3.05, 3.63) is 46.6 Å². The summed E-state index contributed by atoms with van der Waals surface area (Å²) in [5.41, 5.74) is 2.73. The van der Waals surface area contributed by atoms with Gasteiger partial charge in [-0.05, 0) is 81.5 Å². The summed E-state index contributed by atoms with van der Waals surface area (Å²) in [5.74, 6) is 0.00630. The Hall–Kier alpha value is -3.00. The van der Waals surface area contributed by atoms with Crippen molar-refractivity contribution in [2.45, 2.75) is 95.0 Å². The largest absolute Gasteiger partial charge is 0.573 e. The van der Waals surface area contributed by atoms with Crippen LogP contribution in [0, 0.1) is 6.92 Å². The number of rotatable bonds is 10. The molecule has 0 bridgehead atoms. The second kappa shape index (κ2) is 15.1. The molecule has 4 atom stereocenters. The number of nitrogens with one attached hydrogen (secondary N) is 1. The van der Waals surface area contributed by atoms with Crippen molar-refractivity contribution in [3.63, 3.8) is 0 Å². The first-order valence-corrected chi connectivity index (χ1v) is 15.7. The van der Waals surface area contributed by atoms with E-state index in [0.29, 0.717) is 50.2 Å². The van der Waals surface area contributed by atoms with E-state index in [4.69, 9.17) is 18.9 Å². The van der Waals surface area contributed by atoms with Crippen LogP contribution in [0.5, 0.6) is 11.6 Å². The van der Waals surface area contributed by atoms with E-state index in [-0.39, 0.29) is 36.0 Å². The van der Waals surface area contributed by atoms with Gasteiger partial charge in [0.2, 0.25) is 5.88 Å². The lowest BCUT2D eigenvalue weighted by molar-refractivity contribution is -0.274. The quantitative estimate of drug-likeness (QED) is 0.389. The molecule has 3 fully saturated rings. The van der Waals surface area contributed by atoms with Gasteiger partial charge in [0.15, 0.2) is 5.69 Å². The van der Waals surface area contributed by atoms with Gasteiger partial charge in [-0.2, -0.15) is 0 Å². The minimum absolute atomic E-state index is 0.0345. The van der Waals surface area contributed by atoms with Gasteiger partial charge in [0, 0.05) is 44.5 Å². The number of alkyl halides is 3. The van der Waals surface area contributed by atoms with E-state index in [0.717, 1.165) is 61.8 Å². The second-order valence-corrected chi connectivity index (χ2v) is 12.0.